The van der Waals surface area contributed by atoms with Gasteiger partial charge in [0.2, 0.25) is 0 Å². The van der Waals surface area contributed by atoms with Crippen molar-refractivity contribution in [2.75, 3.05) is 11.4 Å². The molecule has 1 aromatic rings. The maximum absolute atomic E-state index is 13.9. The van der Waals surface area contributed by atoms with Gasteiger partial charge in [0.1, 0.15) is 23.6 Å². The minimum Gasteiger partial charge on any atom is -0.364 e. The van der Waals surface area contributed by atoms with Crippen LogP contribution in [0.2, 0.25) is 0 Å². The van der Waals surface area contributed by atoms with Gasteiger partial charge in [-0.2, -0.15) is 0 Å². The van der Waals surface area contributed by atoms with Crippen LogP contribution in [-0.4, -0.2) is 18.9 Å². The van der Waals surface area contributed by atoms with Gasteiger partial charge in [-0.25, -0.2) is 8.78 Å². The van der Waals surface area contributed by atoms with Crippen LogP contribution in [0.1, 0.15) is 43.0 Å². The number of halogens is 2. The molecule has 1 aliphatic rings. The van der Waals surface area contributed by atoms with Crippen molar-refractivity contribution in [2.24, 2.45) is 0 Å². The summed E-state index contributed by atoms with van der Waals surface area (Å²) in [6.45, 7) is 2.71. The second kappa shape index (κ2) is 5.46. The molecular formula is C14H17F2NO. The van der Waals surface area contributed by atoms with Gasteiger partial charge < -0.3 is 4.90 Å². The summed E-state index contributed by atoms with van der Waals surface area (Å²) in [4.78, 5) is 12.4. The summed E-state index contributed by atoms with van der Waals surface area (Å²) in [6.07, 6.45) is 4.32. The second-order valence-electron chi connectivity index (χ2n) is 4.73. The minimum atomic E-state index is -0.639. The number of hydrogen-bond acceptors (Lipinski definition) is 2. The zero-order valence-corrected chi connectivity index (χ0v) is 10.5. The van der Waals surface area contributed by atoms with Gasteiger partial charge in [-0.1, -0.05) is 13.3 Å². The quantitative estimate of drug-likeness (QED) is 0.723. The highest BCUT2D eigenvalue weighted by Gasteiger charge is 2.32. The summed E-state index contributed by atoms with van der Waals surface area (Å²) in [5.41, 5.74) is 0.0662. The van der Waals surface area contributed by atoms with E-state index in [1.54, 1.807) is 0 Å². The first-order valence-electron chi connectivity index (χ1n) is 6.38. The van der Waals surface area contributed by atoms with Gasteiger partial charge in [0.15, 0.2) is 0 Å². The number of unbranched alkanes of at least 4 members (excludes halogenated alkanes) is 1. The van der Waals surface area contributed by atoms with Crippen LogP contribution >= 0.6 is 0 Å². The van der Waals surface area contributed by atoms with Gasteiger partial charge in [-0.05, 0) is 31.4 Å². The Bertz CT molecular complexity index is 420. The lowest BCUT2D eigenvalue weighted by atomic mass is 10.1. The van der Waals surface area contributed by atoms with Crippen LogP contribution in [0.25, 0.3) is 0 Å². The van der Waals surface area contributed by atoms with Gasteiger partial charge >= 0.3 is 0 Å². The normalized spacial score (nSPS) is 14.6. The van der Waals surface area contributed by atoms with Crippen molar-refractivity contribution in [2.45, 2.75) is 38.6 Å². The minimum absolute atomic E-state index is 0.0246. The van der Waals surface area contributed by atoms with Gasteiger partial charge in [0.05, 0.1) is 0 Å². The molecule has 0 saturated heterocycles. The van der Waals surface area contributed by atoms with Crippen molar-refractivity contribution in [1.82, 2.24) is 0 Å². The first kappa shape index (κ1) is 13.0. The third-order valence-corrected chi connectivity index (χ3v) is 3.20. The lowest BCUT2D eigenvalue weighted by Crippen LogP contribution is -2.28. The summed E-state index contributed by atoms with van der Waals surface area (Å²) in [7, 11) is 0. The number of carbonyl (C=O) groups is 1. The van der Waals surface area contributed by atoms with E-state index in [1.165, 1.54) is 0 Å². The molecular weight excluding hydrogens is 236 g/mol. The van der Waals surface area contributed by atoms with E-state index in [-0.39, 0.29) is 17.3 Å². The highest BCUT2D eigenvalue weighted by molar-refractivity contribution is 5.76. The number of nitrogens with zero attached hydrogens (tertiary/aromatic N) is 1. The number of rotatable bonds is 6. The molecule has 0 amide bonds. The van der Waals surface area contributed by atoms with Crippen molar-refractivity contribution in [3.05, 3.63) is 29.3 Å². The Kier molecular flexibility index (Phi) is 3.94. The molecule has 1 aromatic carbocycles. The summed E-state index contributed by atoms with van der Waals surface area (Å²) >= 11 is 0. The molecule has 0 unspecified atom stereocenters. The van der Waals surface area contributed by atoms with E-state index in [1.807, 2.05) is 11.8 Å². The Hall–Kier alpha value is -1.45. The van der Waals surface area contributed by atoms with E-state index in [2.05, 4.69) is 0 Å². The molecule has 2 rings (SSSR count). The van der Waals surface area contributed by atoms with Crippen LogP contribution < -0.4 is 4.90 Å². The van der Waals surface area contributed by atoms with Crippen LogP contribution in [-0.2, 0) is 0 Å². The SMILES string of the molecule is CCCCN(c1c(F)cc(C=O)cc1F)C1CC1. The average Bonchev–Trinajstić information content (AvgIpc) is 3.16. The fourth-order valence-electron chi connectivity index (χ4n) is 2.12. The Morgan fingerprint density at radius 3 is 2.39 bits per heavy atom. The van der Waals surface area contributed by atoms with E-state index in [4.69, 9.17) is 0 Å². The number of hydrogen-bond donors (Lipinski definition) is 0. The highest BCUT2D eigenvalue weighted by Crippen LogP contribution is 2.35. The Morgan fingerprint density at radius 2 is 1.94 bits per heavy atom. The van der Waals surface area contributed by atoms with Gasteiger partial charge in [0, 0.05) is 18.2 Å². The smallest absolute Gasteiger partial charge is 0.150 e. The molecule has 1 saturated carbocycles. The fourth-order valence-corrected chi connectivity index (χ4v) is 2.12. The third kappa shape index (κ3) is 2.68. The van der Waals surface area contributed by atoms with Crippen LogP contribution in [0.15, 0.2) is 12.1 Å². The monoisotopic (exact) mass is 253 g/mol. The Morgan fingerprint density at radius 1 is 1.33 bits per heavy atom. The molecule has 0 aromatic heterocycles. The van der Waals surface area contributed by atoms with Crippen LogP contribution in [0.5, 0.6) is 0 Å². The topological polar surface area (TPSA) is 20.3 Å². The molecule has 2 nitrogen and oxygen atoms in total. The van der Waals surface area contributed by atoms with Crippen LogP contribution in [0.4, 0.5) is 14.5 Å². The zero-order valence-electron chi connectivity index (χ0n) is 10.5. The van der Waals surface area contributed by atoms with E-state index < -0.39 is 11.6 Å². The molecule has 0 heterocycles. The molecule has 0 aliphatic heterocycles. The molecule has 0 N–H and O–H groups in total. The maximum atomic E-state index is 13.9. The van der Waals surface area contributed by atoms with Crippen molar-refractivity contribution in [1.29, 1.82) is 0 Å². The molecule has 1 fully saturated rings. The van der Waals surface area contributed by atoms with E-state index >= 15 is 0 Å². The summed E-state index contributed by atoms with van der Waals surface area (Å²) in [5, 5.41) is 0. The largest absolute Gasteiger partial charge is 0.364 e. The second-order valence-corrected chi connectivity index (χ2v) is 4.73. The van der Waals surface area contributed by atoms with Crippen molar-refractivity contribution in [3.8, 4) is 0 Å². The predicted octanol–water partition coefficient (Wildman–Crippen LogP) is 3.55. The summed E-state index contributed by atoms with van der Waals surface area (Å²) in [6, 6.07) is 2.46. The maximum Gasteiger partial charge on any atom is 0.150 e. The summed E-state index contributed by atoms with van der Waals surface area (Å²) < 4.78 is 27.8. The molecule has 0 bridgehead atoms. The number of aldehydes is 1. The molecule has 0 spiro atoms. The van der Waals surface area contributed by atoms with Gasteiger partial charge in [-0.15, -0.1) is 0 Å². The first-order valence-corrected chi connectivity index (χ1v) is 6.38. The zero-order chi connectivity index (χ0) is 13.1. The average molecular weight is 253 g/mol. The molecule has 98 valence electrons. The first-order chi connectivity index (χ1) is 8.67. The Balaban J connectivity index is 2.31. The fraction of sp³-hybridized carbons (Fsp3) is 0.500. The third-order valence-electron chi connectivity index (χ3n) is 3.20. The van der Waals surface area contributed by atoms with E-state index in [0.29, 0.717) is 12.8 Å². The molecule has 18 heavy (non-hydrogen) atoms. The molecule has 1 aliphatic carbocycles. The van der Waals surface area contributed by atoms with Gasteiger partial charge in [0.25, 0.3) is 0 Å². The standard InChI is InChI=1S/C14H17F2NO/c1-2-3-6-17(11-4-5-11)14-12(15)7-10(9-18)8-13(14)16/h7-9,11H,2-6H2,1H3. The number of anilines is 1. The lowest BCUT2D eigenvalue weighted by Gasteiger charge is -2.25. The lowest BCUT2D eigenvalue weighted by molar-refractivity contribution is 0.112. The number of benzene rings is 1. The van der Waals surface area contributed by atoms with Crippen molar-refractivity contribution >= 4 is 12.0 Å². The van der Waals surface area contributed by atoms with Crippen molar-refractivity contribution in [3.63, 3.8) is 0 Å². The van der Waals surface area contributed by atoms with E-state index in [9.17, 15) is 13.6 Å². The van der Waals surface area contributed by atoms with Crippen molar-refractivity contribution < 1.29 is 13.6 Å². The molecule has 0 radical (unpaired) electrons. The number of carbonyl (C=O) groups excluding carboxylic acids is 1. The van der Waals surface area contributed by atoms with Crippen LogP contribution in [0, 0.1) is 11.6 Å². The highest BCUT2D eigenvalue weighted by atomic mass is 19.1. The van der Waals surface area contributed by atoms with Crippen LogP contribution in [0.3, 0.4) is 0 Å². The molecule has 4 heteroatoms. The summed E-state index contributed by atoms with van der Waals surface area (Å²) in [5.74, 6) is -1.28. The van der Waals surface area contributed by atoms with Gasteiger partial charge in [-0.3, -0.25) is 4.79 Å². The molecule has 0 atom stereocenters. The predicted molar refractivity (Wildman–Crippen MR) is 67.0 cm³/mol. The Labute approximate surface area is 106 Å². The van der Waals surface area contributed by atoms with E-state index in [0.717, 1.165) is 37.8 Å².